The van der Waals surface area contributed by atoms with Gasteiger partial charge >= 0.3 is 6.03 Å². The molecule has 1 heterocycles. The zero-order chi connectivity index (χ0) is 20.5. The number of nitrogens with one attached hydrogen (secondary N) is 4. The van der Waals surface area contributed by atoms with Gasteiger partial charge < -0.3 is 15.2 Å². The smallest absolute Gasteiger partial charge is 0.315 e. The molecule has 2 aromatic rings. The summed E-state index contributed by atoms with van der Waals surface area (Å²) in [6.07, 6.45) is 1.48. The predicted octanol–water partition coefficient (Wildman–Crippen LogP) is 0.517. The topological polar surface area (TPSA) is 121 Å². The minimum atomic E-state index is -0.529. The van der Waals surface area contributed by atoms with Gasteiger partial charge in [-0.2, -0.15) is 0 Å². The molecule has 0 radical (unpaired) electrons. The average molecular weight is 385 g/mol. The first-order chi connectivity index (χ1) is 13.3. The van der Waals surface area contributed by atoms with Crippen LogP contribution in [0.5, 0.6) is 0 Å². The molecule has 0 spiro atoms. The molecule has 9 nitrogen and oxygen atoms in total. The van der Waals surface area contributed by atoms with Crippen LogP contribution < -0.4 is 27.0 Å². The average Bonchev–Trinajstić information content (AvgIpc) is 2.66. The number of benzene rings is 1. The van der Waals surface area contributed by atoms with Crippen molar-refractivity contribution in [2.24, 2.45) is 0 Å². The summed E-state index contributed by atoms with van der Waals surface area (Å²) in [4.78, 5) is 47.1. The third-order valence-corrected chi connectivity index (χ3v) is 3.62. The van der Waals surface area contributed by atoms with Crippen LogP contribution in [0.1, 0.15) is 29.8 Å². The molecule has 0 aliphatic rings. The number of hydrogen-bond donors (Lipinski definition) is 4. The van der Waals surface area contributed by atoms with E-state index in [2.05, 4.69) is 21.5 Å². The highest BCUT2D eigenvalue weighted by Gasteiger charge is 2.09. The molecule has 0 saturated heterocycles. The summed E-state index contributed by atoms with van der Waals surface area (Å²) in [5.41, 5.74) is 5.41. The standard InChI is InChI=1S/C19H23N5O4/c1-13(2)21-19(28)20-11-14-6-8-15(9-7-14)18(27)23-22-16(25)12-24-10-4-3-5-17(24)26/h3-10,13H,11-12H2,1-2H3,(H,22,25)(H,23,27)(H2,20,21,28). The summed E-state index contributed by atoms with van der Waals surface area (Å²) in [5.74, 6) is -1.02. The van der Waals surface area contributed by atoms with Crippen LogP contribution in [0, 0.1) is 0 Å². The normalized spacial score (nSPS) is 10.2. The van der Waals surface area contributed by atoms with Crippen molar-refractivity contribution in [3.05, 3.63) is 70.1 Å². The molecule has 2 rings (SSSR count). The fourth-order valence-electron chi connectivity index (χ4n) is 2.25. The molecule has 0 bridgehead atoms. The summed E-state index contributed by atoms with van der Waals surface area (Å²) >= 11 is 0. The van der Waals surface area contributed by atoms with Gasteiger partial charge in [0, 0.05) is 30.4 Å². The number of rotatable bonds is 6. The van der Waals surface area contributed by atoms with Crippen molar-refractivity contribution in [2.45, 2.75) is 33.0 Å². The summed E-state index contributed by atoms with van der Waals surface area (Å²) < 4.78 is 1.22. The molecule has 0 unspecified atom stereocenters. The van der Waals surface area contributed by atoms with E-state index in [1.807, 2.05) is 13.8 Å². The molecule has 0 atom stereocenters. The Morgan fingerprint density at radius 3 is 2.36 bits per heavy atom. The third-order valence-electron chi connectivity index (χ3n) is 3.62. The van der Waals surface area contributed by atoms with Gasteiger partial charge in [-0.3, -0.25) is 25.2 Å². The van der Waals surface area contributed by atoms with Crippen LogP contribution in [0.4, 0.5) is 4.79 Å². The zero-order valence-corrected chi connectivity index (χ0v) is 15.7. The highest BCUT2D eigenvalue weighted by Crippen LogP contribution is 2.04. The van der Waals surface area contributed by atoms with E-state index in [9.17, 15) is 19.2 Å². The van der Waals surface area contributed by atoms with Crippen molar-refractivity contribution in [1.29, 1.82) is 0 Å². The Balaban J connectivity index is 1.81. The van der Waals surface area contributed by atoms with E-state index in [0.717, 1.165) is 5.56 Å². The maximum absolute atomic E-state index is 12.1. The monoisotopic (exact) mass is 385 g/mol. The van der Waals surface area contributed by atoms with Crippen LogP contribution in [0.3, 0.4) is 0 Å². The largest absolute Gasteiger partial charge is 0.336 e. The summed E-state index contributed by atoms with van der Waals surface area (Å²) in [6.45, 7) is 3.85. The molecular formula is C19H23N5O4. The van der Waals surface area contributed by atoms with E-state index in [1.54, 1.807) is 36.4 Å². The predicted molar refractivity (Wildman–Crippen MR) is 103 cm³/mol. The lowest BCUT2D eigenvalue weighted by Gasteiger charge is -2.11. The third kappa shape index (κ3) is 6.60. The Morgan fingerprint density at radius 2 is 1.71 bits per heavy atom. The lowest BCUT2D eigenvalue weighted by atomic mass is 10.1. The Morgan fingerprint density at radius 1 is 1.00 bits per heavy atom. The number of urea groups is 1. The SMILES string of the molecule is CC(C)NC(=O)NCc1ccc(C(=O)NNC(=O)Cn2ccccc2=O)cc1. The molecule has 148 valence electrons. The van der Waals surface area contributed by atoms with Crippen molar-refractivity contribution in [1.82, 2.24) is 26.1 Å². The van der Waals surface area contributed by atoms with Crippen molar-refractivity contribution >= 4 is 17.8 Å². The number of carbonyl (C=O) groups excluding carboxylic acids is 3. The van der Waals surface area contributed by atoms with Crippen molar-refractivity contribution in [2.75, 3.05) is 0 Å². The number of hydrogen-bond acceptors (Lipinski definition) is 4. The number of aromatic nitrogens is 1. The Hall–Kier alpha value is -3.62. The van der Waals surface area contributed by atoms with Gasteiger partial charge in [0.25, 0.3) is 17.4 Å². The first kappa shape index (κ1) is 20.7. The van der Waals surface area contributed by atoms with E-state index in [4.69, 9.17) is 0 Å². The van der Waals surface area contributed by atoms with Crippen LogP contribution in [0.25, 0.3) is 0 Å². The van der Waals surface area contributed by atoms with E-state index >= 15 is 0 Å². The van der Waals surface area contributed by atoms with E-state index in [0.29, 0.717) is 12.1 Å². The second-order valence-corrected chi connectivity index (χ2v) is 6.35. The minimum absolute atomic E-state index is 0.0433. The van der Waals surface area contributed by atoms with Crippen LogP contribution in [0.15, 0.2) is 53.5 Å². The fraction of sp³-hybridized carbons (Fsp3) is 0.263. The number of carbonyl (C=O) groups is 3. The molecule has 0 fully saturated rings. The maximum Gasteiger partial charge on any atom is 0.315 e. The highest BCUT2D eigenvalue weighted by atomic mass is 16.2. The number of amides is 4. The molecule has 4 N–H and O–H groups in total. The lowest BCUT2D eigenvalue weighted by Crippen LogP contribution is -2.44. The van der Waals surface area contributed by atoms with Gasteiger partial charge in [0.2, 0.25) is 0 Å². The van der Waals surface area contributed by atoms with Crippen LogP contribution in [-0.2, 0) is 17.9 Å². The maximum atomic E-state index is 12.1. The number of hydrazine groups is 1. The van der Waals surface area contributed by atoms with Gasteiger partial charge in [-0.05, 0) is 37.6 Å². The highest BCUT2D eigenvalue weighted by molar-refractivity contribution is 5.95. The molecule has 28 heavy (non-hydrogen) atoms. The molecule has 0 saturated carbocycles. The van der Waals surface area contributed by atoms with Crippen LogP contribution in [-0.4, -0.2) is 28.5 Å². The molecule has 0 aliphatic carbocycles. The van der Waals surface area contributed by atoms with Gasteiger partial charge in [0.1, 0.15) is 6.54 Å². The first-order valence-corrected chi connectivity index (χ1v) is 8.73. The van der Waals surface area contributed by atoms with Gasteiger partial charge in [-0.1, -0.05) is 18.2 Å². The quantitative estimate of drug-likeness (QED) is 0.542. The van der Waals surface area contributed by atoms with Gasteiger partial charge in [0.15, 0.2) is 0 Å². The molecule has 1 aromatic carbocycles. The first-order valence-electron chi connectivity index (χ1n) is 8.73. The van der Waals surface area contributed by atoms with Crippen LogP contribution in [0.2, 0.25) is 0 Å². The molecule has 0 aliphatic heterocycles. The van der Waals surface area contributed by atoms with E-state index < -0.39 is 11.8 Å². The molecular weight excluding hydrogens is 362 g/mol. The number of pyridine rings is 1. The molecule has 1 aromatic heterocycles. The van der Waals surface area contributed by atoms with Crippen molar-refractivity contribution in [3.8, 4) is 0 Å². The van der Waals surface area contributed by atoms with Crippen LogP contribution >= 0.6 is 0 Å². The second-order valence-electron chi connectivity index (χ2n) is 6.35. The molecule has 9 heteroatoms. The second kappa shape index (κ2) is 9.91. The van der Waals surface area contributed by atoms with Gasteiger partial charge in [0.05, 0.1) is 0 Å². The van der Waals surface area contributed by atoms with Crippen molar-refractivity contribution in [3.63, 3.8) is 0 Å². The summed E-state index contributed by atoms with van der Waals surface area (Å²) in [6, 6.07) is 10.9. The Kier molecular flexibility index (Phi) is 7.32. The summed E-state index contributed by atoms with van der Waals surface area (Å²) in [7, 11) is 0. The lowest BCUT2D eigenvalue weighted by molar-refractivity contribution is -0.122. The van der Waals surface area contributed by atoms with E-state index in [1.165, 1.54) is 16.8 Å². The van der Waals surface area contributed by atoms with Crippen molar-refractivity contribution < 1.29 is 14.4 Å². The van der Waals surface area contributed by atoms with Gasteiger partial charge in [-0.15, -0.1) is 0 Å². The van der Waals surface area contributed by atoms with E-state index in [-0.39, 0.29) is 24.2 Å². The number of nitrogens with zero attached hydrogens (tertiary/aromatic N) is 1. The minimum Gasteiger partial charge on any atom is -0.336 e. The Labute approximate surface area is 162 Å². The Bertz CT molecular complexity index is 890. The van der Waals surface area contributed by atoms with Gasteiger partial charge in [-0.25, -0.2) is 4.79 Å². The molecule has 4 amide bonds. The zero-order valence-electron chi connectivity index (χ0n) is 15.7. The summed E-state index contributed by atoms with van der Waals surface area (Å²) in [5, 5.41) is 5.43. The fourth-order valence-corrected chi connectivity index (χ4v) is 2.25.